The molecular formula is C23H21N3O7S. The molecule has 176 valence electrons. The molecule has 3 aromatic rings. The van der Waals surface area contributed by atoms with E-state index in [0.29, 0.717) is 11.5 Å². The fourth-order valence-electron chi connectivity index (χ4n) is 3.35. The van der Waals surface area contributed by atoms with E-state index in [1.807, 2.05) is 6.07 Å². The number of fused-ring (bicyclic) bond motifs is 1. The molecule has 1 aliphatic rings. The number of nitrogens with zero attached hydrogens (tertiary/aromatic N) is 2. The minimum Gasteiger partial charge on any atom is -0.486 e. The van der Waals surface area contributed by atoms with Crippen LogP contribution in [0.4, 0.5) is 11.4 Å². The van der Waals surface area contributed by atoms with Crippen molar-refractivity contribution in [3.63, 3.8) is 0 Å². The summed E-state index contributed by atoms with van der Waals surface area (Å²) in [4.78, 5) is 23.1. The molecule has 1 heterocycles. The number of non-ortho nitro benzene ring substituents is 1. The number of hydrogen-bond acceptors (Lipinski definition) is 7. The van der Waals surface area contributed by atoms with Crippen molar-refractivity contribution in [2.24, 2.45) is 0 Å². The van der Waals surface area contributed by atoms with Gasteiger partial charge in [-0.1, -0.05) is 30.3 Å². The van der Waals surface area contributed by atoms with Crippen LogP contribution in [0.1, 0.15) is 0 Å². The molecule has 1 atom stereocenters. The highest BCUT2D eigenvalue weighted by Crippen LogP contribution is 2.30. The predicted octanol–water partition coefficient (Wildman–Crippen LogP) is 2.75. The van der Waals surface area contributed by atoms with Crippen LogP contribution in [0.3, 0.4) is 0 Å². The van der Waals surface area contributed by atoms with E-state index in [1.165, 1.54) is 36.4 Å². The summed E-state index contributed by atoms with van der Waals surface area (Å²) in [5, 5.41) is 13.7. The van der Waals surface area contributed by atoms with Crippen LogP contribution in [0.5, 0.6) is 11.5 Å². The van der Waals surface area contributed by atoms with Gasteiger partial charge in [-0.15, -0.1) is 0 Å². The Balaban J connectivity index is 1.50. The van der Waals surface area contributed by atoms with Gasteiger partial charge in [-0.3, -0.25) is 19.2 Å². The normalized spacial score (nSPS) is 14.8. The summed E-state index contributed by atoms with van der Waals surface area (Å²) in [5.74, 6) is 0.607. The molecule has 0 fully saturated rings. The molecule has 1 N–H and O–H groups in total. The number of ether oxygens (including phenoxy) is 2. The molecule has 11 heteroatoms. The van der Waals surface area contributed by atoms with E-state index in [4.69, 9.17) is 9.47 Å². The average molecular weight is 484 g/mol. The van der Waals surface area contributed by atoms with Gasteiger partial charge in [0.1, 0.15) is 19.3 Å². The first-order valence-electron chi connectivity index (χ1n) is 10.3. The summed E-state index contributed by atoms with van der Waals surface area (Å²) < 4.78 is 38.9. The van der Waals surface area contributed by atoms with E-state index in [0.717, 1.165) is 4.31 Å². The molecule has 0 saturated heterocycles. The second-order valence-corrected chi connectivity index (χ2v) is 9.26. The number of nitrogens with one attached hydrogen (secondary N) is 1. The molecule has 0 spiro atoms. The molecule has 0 aromatic heterocycles. The largest absolute Gasteiger partial charge is 0.486 e. The van der Waals surface area contributed by atoms with Crippen molar-refractivity contribution >= 4 is 27.3 Å². The van der Waals surface area contributed by atoms with Crippen LogP contribution < -0.4 is 19.1 Å². The SMILES string of the molecule is O=C(CN(c1ccc([N+](=O)[O-])cc1)S(=O)(=O)c1ccccc1)NC[C@@H]1COc2ccccc2O1. The van der Waals surface area contributed by atoms with E-state index < -0.39 is 33.5 Å². The van der Waals surface area contributed by atoms with Gasteiger partial charge >= 0.3 is 0 Å². The molecular weight excluding hydrogens is 462 g/mol. The van der Waals surface area contributed by atoms with Crippen molar-refractivity contribution in [1.29, 1.82) is 0 Å². The second kappa shape index (κ2) is 9.79. The fraction of sp³-hybridized carbons (Fsp3) is 0.174. The smallest absolute Gasteiger partial charge is 0.269 e. The zero-order chi connectivity index (χ0) is 24.1. The Morgan fingerprint density at radius 3 is 2.32 bits per heavy atom. The number of carbonyl (C=O) groups is 1. The lowest BCUT2D eigenvalue weighted by Gasteiger charge is -2.27. The van der Waals surface area contributed by atoms with Crippen LogP contribution in [0, 0.1) is 10.1 Å². The lowest BCUT2D eigenvalue weighted by atomic mass is 10.2. The minimum atomic E-state index is -4.12. The fourth-order valence-corrected chi connectivity index (χ4v) is 4.80. The third-order valence-electron chi connectivity index (χ3n) is 5.06. The molecule has 0 bridgehead atoms. The number of nitro benzene ring substituents is 1. The summed E-state index contributed by atoms with van der Waals surface area (Å²) in [5.41, 5.74) is -0.0734. The van der Waals surface area contributed by atoms with E-state index >= 15 is 0 Å². The van der Waals surface area contributed by atoms with Gasteiger partial charge in [-0.05, 0) is 36.4 Å². The average Bonchev–Trinajstić information content (AvgIpc) is 2.86. The maximum atomic E-state index is 13.3. The van der Waals surface area contributed by atoms with Crippen LogP contribution in [-0.2, 0) is 14.8 Å². The monoisotopic (exact) mass is 483 g/mol. The molecule has 34 heavy (non-hydrogen) atoms. The van der Waals surface area contributed by atoms with Gasteiger partial charge in [0.25, 0.3) is 15.7 Å². The van der Waals surface area contributed by atoms with Gasteiger partial charge in [-0.25, -0.2) is 8.42 Å². The Kier molecular flexibility index (Phi) is 6.64. The lowest BCUT2D eigenvalue weighted by molar-refractivity contribution is -0.384. The number of hydrogen-bond donors (Lipinski definition) is 1. The van der Waals surface area contributed by atoms with Crippen LogP contribution >= 0.6 is 0 Å². The first-order valence-corrected chi connectivity index (χ1v) is 11.8. The topological polar surface area (TPSA) is 128 Å². The van der Waals surface area contributed by atoms with Gasteiger partial charge in [0, 0.05) is 12.1 Å². The number of carbonyl (C=O) groups excluding carboxylic acids is 1. The Bertz CT molecular complexity index is 1280. The van der Waals surface area contributed by atoms with Gasteiger partial charge in [-0.2, -0.15) is 0 Å². The number of nitro groups is 1. The molecule has 10 nitrogen and oxygen atoms in total. The standard InChI is InChI=1S/C23H21N3O7S/c27-23(24-14-19-16-32-21-8-4-5-9-22(21)33-19)15-25(17-10-12-18(13-11-17)26(28)29)34(30,31)20-6-2-1-3-7-20/h1-13,19H,14-16H2,(H,24,27)/t19-/m1/s1. The van der Waals surface area contributed by atoms with Gasteiger partial charge < -0.3 is 14.8 Å². The molecule has 0 radical (unpaired) electrons. The van der Waals surface area contributed by atoms with Crippen molar-refractivity contribution in [3.8, 4) is 11.5 Å². The number of rotatable bonds is 8. The number of sulfonamides is 1. The summed E-state index contributed by atoms with van der Waals surface area (Å²) in [6, 6.07) is 19.8. The summed E-state index contributed by atoms with van der Waals surface area (Å²) in [6.07, 6.45) is -0.447. The van der Waals surface area contributed by atoms with Crippen molar-refractivity contribution in [3.05, 3.63) is 89.0 Å². The number of benzene rings is 3. The van der Waals surface area contributed by atoms with E-state index in [1.54, 1.807) is 36.4 Å². The zero-order valence-electron chi connectivity index (χ0n) is 17.9. The highest BCUT2D eigenvalue weighted by molar-refractivity contribution is 7.92. The molecule has 4 rings (SSSR count). The Labute approximate surface area is 195 Å². The number of anilines is 1. The third kappa shape index (κ3) is 5.09. The molecule has 0 saturated carbocycles. The van der Waals surface area contributed by atoms with Gasteiger partial charge in [0.05, 0.1) is 22.1 Å². The highest BCUT2D eigenvalue weighted by atomic mass is 32.2. The highest BCUT2D eigenvalue weighted by Gasteiger charge is 2.28. The maximum absolute atomic E-state index is 13.3. The molecule has 3 aromatic carbocycles. The van der Waals surface area contributed by atoms with Gasteiger partial charge in [0.2, 0.25) is 5.91 Å². The zero-order valence-corrected chi connectivity index (χ0v) is 18.7. The van der Waals surface area contributed by atoms with Crippen molar-refractivity contribution in [2.45, 2.75) is 11.0 Å². The minimum absolute atomic E-state index is 0.0122. The number of para-hydroxylation sites is 2. The summed E-state index contributed by atoms with van der Waals surface area (Å²) in [6.45, 7) is -0.197. The Morgan fingerprint density at radius 1 is 1.00 bits per heavy atom. The first kappa shape index (κ1) is 23.1. The lowest BCUT2D eigenvalue weighted by Crippen LogP contribution is -2.45. The van der Waals surface area contributed by atoms with Gasteiger partial charge in [0.15, 0.2) is 11.5 Å². The molecule has 0 aliphatic carbocycles. The predicted molar refractivity (Wildman–Crippen MR) is 123 cm³/mol. The summed E-state index contributed by atoms with van der Waals surface area (Å²) in [7, 11) is -4.12. The molecule has 0 unspecified atom stereocenters. The Hall–Kier alpha value is -4.12. The van der Waals surface area contributed by atoms with E-state index in [2.05, 4.69) is 5.32 Å². The maximum Gasteiger partial charge on any atom is 0.269 e. The summed E-state index contributed by atoms with van der Waals surface area (Å²) >= 11 is 0. The van der Waals surface area contributed by atoms with E-state index in [9.17, 15) is 23.3 Å². The van der Waals surface area contributed by atoms with E-state index in [-0.39, 0.29) is 29.4 Å². The second-order valence-electron chi connectivity index (χ2n) is 7.40. The van der Waals surface area contributed by atoms with Crippen LogP contribution in [0.25, 0.3) is 0 Å². The molecule has 1 aliphatic heterocycles. The van der Waals surface area contributed by atoms with Crippen LogP contribution in [0.15, 0.2) is 83.8 Å². The van der Waals surface area contributed by atoms with Crippen molar-refractivity contribution in [1.82, 2.24) is 5.32 Å². The Morgan fingerprint density at radius 2 is 1.65 bits per heavy atom. The number of amides is 1. The van der Waals surface area contributed by atoms with Crippen LogP contribution in [-0.4, -0.2) is 45.0 Å². The quantitative estimate of drug-likeness (QED) is 0.385. The first-order chi connectivity index (χ1) is 16.3. The van der Waals surface area contributed by atoms with Crippen molar-refractivity contribution in [2.75, 3.05) is 24.0 Å². The molecule has 1 amide bonds. The van der Waals surface area contributed by atoms with Crippen molar-refractivity contribution < 1.29 is 27.6 Å². The third-order valence-corrected chi connectivity index (χ3v) is 6.85. The van der Waals surface area contributed by atoms with Crippen LogP contribution in [0.2, 0.25) is 0 Å².